The van der Waals surface area contributed by atoms with Crippen LogP contribution in [0.2, 0.25) is 5.02 Å². The molecule has 0 saturated carbocycles. The molecule has 3 N–H and O–H groups in total. The van der Waals surface area contributed by atoms with Gasteiger partial charge in [-0.15, -0.1) is 0 Å². The lowest BCUT2D eigenvalue weighted by Crippen LogP contribution is -2.44. The van der Waals surface area contributed by atoms with Crippen molar-refractivity contribution >= 4 is 17.6 Å². The van der Waals surface area contributed by atoms with Crippen LogP contribution in [-0.4, -0.2) is 30.3 Å². The first-order chi connectivity index (χ1) is 9.67. The fourth-order valence-electron chi connectivity index (χ4n) is 1.91. The number of carbonyl (C=O) groups excluding carboxylic acids is 1. The summed E-state index contributed by atoms with van der Waals surface area (Å²) in [6.07, 6.45) is 3.52. The maximum absolute atomic E-state index is 11.7. The van der Waals surface area contributed by atoms with E-state index in [0.717, 1.165) is 24.8 Å². The molecule has 2 amide bonds. The van der Waals surface area contributed by atoms with Crippen LogP contribution in [0.3, 0.4) is 0 Å². The molecule has 0 aromatic heterocycles. The van der Waals surface area contributed by atoms with E-state index >= 15 is 0 Å². The van der Waals surface area contributed by atoms with Gasteiger partial charge in [0, 0.05) is 11.6 Å². The number of aliphatic hydroxyl groups is 1. The lowest BCUT2D eigenvalue weighted by Gasteiger charge is -2.16. The molecule has 1 aromatic carbocycles. The van der Waals surface area contributed by atoms with Gasteiger partial charge in [0.05, 0.1) is 12.6 Å². The summed E-state index contributed by atoms with van der Waals surface area (Å²) in [7, 11) is 0. The summed E-state index contributed by atoms with van der Waals surface area (Å²) in [6, 6.07) is 7.17. The third kappa shape index (κ3) is 6.26. The number of unbranched alkanes of at least 4 members (excludes halogenated alkanes) is 1. The predicted molar refractivity (Wildman–Crippen MR) is 82.1 cm³/mol. The second kappa shape index (κ2) is 9.61. The monoisotopic (exact) mass is 298 g/mol. The van der Waals surface area contributed by atoms with Gasteiger partial charge in [-0.05, 0) is 24.5 Å². The van der Waals surface area contributed by atoms with Crippen molar-refractivity contribution in [1.29, 1.82) is 0 Å². The Morgan fingerprint density at radius 2 is 2.15 bits per heavy atom. The first-order valence-corrected chi connectivity index (χ1v) is 7.43. The van der Waals surface area contributed by atoms with Crippen LogP contribution >= 0.6 is 11.6 Å². The molecule has 0 bridgehead atoms. The summed E-state index contributed by atoms with van der Waals surface area (Å²) in [6.45, 7) is 2.57. The van der Waals surface area contributed by atoms with Gasteiger partial charge in [-0.25, -0.2) is 4.79 Å². The molecule has 0 heterocycles. The topological polar surface area (TPSA) is 61.4 Å². The van der Waals surface area contributed by atoms with Gasteiger partial charge < -0.3 is 15.7 Å². The Kier molecular flexibility index (Phi) is 8.07. The van der Waals surface area contributed by atoms with E-state index in [1.165, 1.54) is 0 Å². The van der Waals surface area contributed by atoms with Gasteiger partial charge in [0.15, 0.2) is 0 Å². The third-order valence-electron chi connectivity index (χ3n) is 3.10. The molecule has 0 unspecified atom stereocenters. The van der Waals surface area contributed by atoms with E-state index in [0.29, 0.717) is 18.0 Å². The molecule has 1 atom stereocenters. The van der Waals surface area contributed by atoms with E-state index in [4.69, 9.17) is 11.6 Å². The zero-order valence-electron chi connectivity index (χ0n) is 11.9. The average Bonchev–Trinajstić information content (AvgIpc) is 2.45. The average molecular weight is 299 g/mol. The van der Waals surface area contributed by atoms with Crippen LogP contribution < -0.4 is 10.6 Å². The number of hydrogen-bond acceptors (Lipinski definition) is 2. The van der Waals surface area contributed by atoms with Gasteiger partial charge >= 0.3 is 6.03 Å². The normalized spacial score (nSPS) is 11.9. The van der Waals surface area contributed by atoms with Crippen molar-refractivity contribution in [2.45, 2.75) is 38.6 Å². The number of rotatable bonds is 8. The molecule has 0 radical (unpaired) electrons. The maximum atomic E-state index is 11.7. The summed E-state index contributed by atoms with van der Waals surface area (Å²) in [5, 5.41) is 15.4. The second-order valence-electron chi connectivity index (χ2n) is 4.76. The Morgan fingerprint density at radius 3 is 2.80 bits per heavy atom. The number of aliphatic hydroxyl groups excluding tert-OH is 1. The smallest absolute Gasteiger partial charge is 0.315 e. The highest BCUT2D eigenvalue weighted by atomic mass is 35.5. The molecule has 0 saturated heterocycles. The summed E-state index contributed by atoms with van der Waals surface area (Å²) in [5.41, 5.74) is 1.01. The molecule has 0 aliphatic heterocycles. The molecule has 5 heteroatoms. The van der Waals surface area contributed by atoms with Gasteiger partial charge in [-0.2, -0.15) is 0 Å². The number of hydrogen-bond donors (Lipinski definition) is 3. The zero-order chi connectivity index (χ0) is 14.8. The fourth-order valence-corrected chi connectivity index (χ4v) is 2.14. The summed E-state index contributed by atoms with van der Waals surface area (Å²) in [5.74, 6) is 0. The van der Waals surface area contributed by atoms with Crippen molar-refractivity contribution in [2.24, 2.45) is 0 Å². The predicted octanol–water partition coefficient (Wildman–Crippen LogP) is 2.73. The lowest BCUT2D eigenvalue weighted by molar-refractivity contribution is 0.212. The summed E-state index contributed by atoms with van der Waals surface area (Å²) < 4.78 is 0. The van der Waals surface area contributed by atoms with Crippen LogP contribution in [0.1, 0.15) is 31.7 Å². The van der Waals surface area contributed by atoms with E-state index in [1.54, 1.807) is 0 Å². The molecular formula is C15H23ClN2O2. The van der Waals surface area contributed by atoms with Crippen LogP contribution in [0.15, 0.2) is 24.3 Å². The van der Waals surface area contributed by atoms with Crippen molar-refractivity contribution in [3.63, 3.8) is 0 Å². The number of nitrogens with one attached hydrogen (secondary N) is 2. The Bertz CT molecular complexity index is 413. The van der Waals surface area contributed by atoms with E-state index < -0.39 is 0 Å². The molecule has 4 nitrogen and oxygen atoms in total. The van der Waals surface area contributed by atoms with Crippen LogP contribution in [-0.2, 0) is 6.42 Å². The molecule has 20 heavy (non-hydrogen) atoms. The quantitative estimate of drug-likeness (QED) is 0.691. The van der Waals surface area contributed by atoms with E-state index in [-0.39, 0.29) is 18.7 Å². The van der Waals surface area contributed by atoms with Crippen LogP contribution in [0, 0.1) is 0 Å². The first kappa shape index (κ1) is 16.8. The van der Waals surface area contributed by atoms with Gasteiger partial charge in [-0.3, -0.25) is 0 Å². The van der Waals surface area contributed by atoms with Gasteiger partial charge in [0.25, 0.3) is 0 Å². The summed E-state index contributed by atoms with van der Waals surface area (Å²) >= 11 is 6.04. The number of benzene rings is 1. The molecule has 1 aromatic rings. The molecule has 0 spiro atoms. The zero-order valence-corrected chi connectivity index (χ0v) is 12.6. The van der Waals surface area contributed by atoms with Crippen LogP contribution in [0.5, 0.6) is 0 Å². The highest BCUT2D eigenvalue weighted by Crippen LogP contribution is 2.14. The van der Waals surface area contributed by atoms with Crippen molar-refractivity contribution in [1.82, 2.24) is 10.6 Å². The molecule has 1 rings (SSSR count). The Morgan fingerprint density at radius 1 is 1.40 bits per heavy atom. The number of amides is 2. The van der Waals surface area contributed by atoms with E-state index in [9.17, 15) is 9.90 Å². The van der Waals surface area contributed by atoms with Crippen LogP contribution in [0.4, 0.5) is 4.79 Å². The van der Waals surface area contributed by atoms with Crippen molar-refractivity contribution in [2.75, 3.05) is 13.2 Å². The minimum Gasteiger partial charge on any atom is -0.394 e. The Balaban J connectivity index is 2.27. The standard InChI is InChI=1S/C15H23ClN2O2/c1-2-3-7-13(11-19)18-15(20)17-10-9-12-6-4-5-8-14(12)16/h4-6,8,13,19H,2-3,7,9-11H2,1H3,(H2,17,18,20)/t13-/m1/s1. The highest BCUT2D eigenvalue weighted by molar-refractivity contribution is 6.31. The number of carbonyl (C=O) groups is 1. The SMILES string of the molecule is CCCC[C@H](CO)NC(=O)NCCc1ccccc1Cl. The highest BCUT2D eigenvalue weighted by Gasteiger charge is 2.10. The van der Waals surface area contributed by atoms with E-state index in [2.05, 4.69) is 17.6 Å². The molecule has 112 valence electrons. The maximum Gasteiger partial charge on any atom is 0.315 e. The molecule has 0 fully saturated rings. The van der Waals surface area contributed by atoms with E-state index in [1.807, 2.05) is 24.3 Å². The molecular weight excluding hydrogens is 276 g/mol. The largest absolute Gasteiger partial charge is 0.394 e. The number of urea groups is 1. The number of halogens is 1. The fraction of sp³-hybridized carbons (Fsp3) is 0.533. The first-order valence-electron chi connectivity index (χ1n) is 7.06. The minimum absolute atomic E-state index is 0.0298. The van der Waals surface area contributed by atoms with Gasteiger partial charge in [0.2, 0.25) is 0 Å². The van der Waals surface area contributed by atoms with Crippen molar-refractivity contribution in [3.8, 4) is 0 Å². The van der Waals surface area contributed by atoms with Gasteiger partial charge in [0.1, 0.15) is 0 Å². The van der Waals surface area contributed by atoms with Crippen LogP contribution in [0.25, 0.3) is 0 Å². The molecule has 0 aliphatic carbocycles. The molecule has 0 aliphatic rings. The lowest BCUT2D eigenvalue weighted by atomic mass is 10.1. The third-order valence-corrected chi connectivity index (χ3v) is 3.47. The summed E-state index contributed by atoms with van der Waals surface area (Å²) in [4.78, 5) is 11.7. The van der Waals surface area contributed by atoms with Gasteiger partial charge in [-0.1, -0.05) is 49.6 Å². The Hall–Kier alpha value is -1.26. The van der Waals surface area contributed by atoms with Crippen molar-refractivity contribution < 1.29 is 9.90 Å². The Labute approximate surface area is 125 Å². The van der Waals surface area contributed by atoms with Crippen molar-refractivity contribution in [3.05, 3.63) is 34.9 Å². The minimum atomic E-state index is -0.243. The second-order valence-corrected chi connectivity index (χ2v) is 5.17.